The van der Waals surface area contributed by atoms with E-state index in [2.05, 4.69) is 36.7 Å². The summed E-state index contributed by atoms with van der Waals surface area (Å²) >= 11 is 12.5. The van der Waals surface area contributed by atoms with Crippen LogP contribution in [0, 0.1) is 11.2 Å². The first-order valence-corrected chi connectivity index (χ1v) is 14.0. The van der Waals surface area contributed by atoms with Crippen LogP contribution in [-0.2, 0) is 15.0 Å². The summed E-state index contributed by atoms with van der Waals surface area (Å²) in [6, 6.07) is 8.50. The highest BCUT2D eigenvalue weighted by Crippen LogP contribution is 2.57. The minimum absolute atomic E-state index is 0.0629. The Balaban J connectivity index is 1.67. The molecule has 0 bridgehead atoms. The molecular formula is C29H34Cl2FN3O3. The molecule has 1 spiro atoms. The predicted octanol–water partition coefficient (Wildman–Crippen LogP) is 5.30. The maximum absolute atomic E-state index is 15.8. The first-order valence-electron chi connectivity index (χ1n) is 13.2. The lowest BCUT2D eigenvalue weighted by Gasteiger charge is -2.38. The number of rotatable bonds is 4. The van der Waals surface area contributed by atoms with E-state index < -0.39 is 29.2 Å². The Morgan fingerprint density at radius 2 is 1.87 bits per heavy atom. The number of aliphatic hydroxyl groups is 1. The summed E-state index contributed by atoms with van der Waals surface area (Å²) in [7, 11) is 0. The molecule has 4 N–H and O–H groups in total. The zero-order chi connectivity index (χ0) is 27.4. The molecule has 9 heteroatoms. The molecule has 1 saturated carbocycles. The molecule has 38 heavy (non-hydrogen) atoms. The molecule has 2 heterocycles. The second kappa shape index (κ2) is 10.1. The second-order valence-corrected chi connectivity index (χ2v) is 13.0. The number of aliphatic hydroxyl groups excluding tert-OH is 1. The van der Waals surface area contributed by atoms with Gasteiger partial charge in [-0.3, -0.25) is 9.59 Å². The molecule has 2 aromatic rings. The van der Waals surface area contributed by atoms with Gasteiger partial charge in [0.1, 0.15) is 11.2 Å². The highest BCUT2D eigenvalue weighted by molar-refractivity contribution is 6.31. The number of amides is 2. The number of hydrogen-bond acceptors (Lipinski definition) is 4. The molecule has 5 rings (SSSR count). The van der Waals surface area contributed by atoms with Crippen LogP contribution < -0.4 is 16.0 Å². The van der Waals surface area contributed by atoms with Crippen molar-refractivity contribution in [2.45, 2.75) is 88.4 Å². The van der Waals surface area contributed by atoms with Crippen molar-refractivity contribution in [3.8, 4) is 0 Å². The molecule has 6 nitrogen and oxygen atoms in total. The van der Waals surface area contributed by atoms with Crippen LogP contribution in [0.4, 0.5) is 10.1 Å². The summed E-state index contributed by atoms with van der Waals surface area (Å²) in [4.78, 5) is 28.1. The number of benzene rings is 2. The summed E-state index contributed by atoms with van der Waals surface area (Å²) in [6.45, 7) is 6.23. The van der Waals surface area contributed by atoms with Gasteiger partial charge in [0.25, 0.3) is 0 Å². The van der Waals surface area contributed by atoms with Crippen molar-refractivity contribution in [1.29, 1.82) is 0 Å². The van der Waals surface area contributed by atoms with E-state index in [1.54, 1.807) is 24.3 Å². The average molecular weight is 563 g/mol. The summed E-state index contributed by atoms with van der Waals surface area (Å²) in [6.07, 6.45) is 2.75. The largest absolute Gasteiger partial charge is 0.393 e. The zero-order valence-electron chi connectivity index (χ0n) is 21.8. The van der Waals surface area contributed by atoms with Gasteiger partial charge in [-0.15, -0.1) is 0 Å². The SMILES string of the molecule is CC(C)(C)CC1NC(C(=O)NC2CCC(O)CC2)C(c2cccc(Cl)c2F)[C@@]12C(=O)Nc1cc(Cl)ccc12. The predicted molar refractivity (Wildman–Crippen MR) is 147 cm³/mol. The highest BCUT2D eigenvalue weighted by Gasteiger charge is 2.66. The molecular weight excluding hydrogens is 528 g/mol. The van der Waals surface area contributed by atoms with Gasteiger partial charge in [0.2, 0.25) is 11.8 Å². The van der Waals surface area contributed by atoms with Crippen molar-refractivity contribution in [3.63, 3.8) is 0 Å². The summed E-state index contributed by atoms with van der Waals surface area (Å²) < 4.78 is 15.8. The van der Waals surface area contributed by atoms with E-state index in [0.29, 0.717) is 48.4 Å². The van der Waals surface area contributed by atoms with E-state index in [9.17, 15) is 14.7 Å². The molecule has 1 aliphatic carbocycles. The van der Waals surface area contributed by atoms with Gasteiger partial charge in [-0.2, -0.15) is 0 Å². The van der Waals surface area contributed by atoms with E-state index in [1.807, 2.05) is 6.07 Å². The number of halogens is 3. The average Bonchev–Trinajstić information content (AvgIpc) is 3.31. The summed E-state index contributed by atoms with van der Waals surface area (Å²) in [5, 5.41) is 19.9. The Morgan fingerprint density at radius 1 is 1.16 bits per heavy atom. The molecule has 1 saturated heterocycles. The van der Waals surface area contributed by atoms with Crippen LogP contribution in [0.5, 0.6) is 0 Å². The molecule has 204 valence electrons. The van der Waals surface area contributed by atoms with Gasteiger partial charge in [0.05, 0.1) is 17.2 Å². The van der Waals surface area contributed by atoms with Crippen LogP contribution in [0.25, 0.3) is 0 Å². The van der Waals surface area contributed by atoms with Gasteiger partial charge >= 0.3 is 0 Å². The van der Waals surface area contributed by atoms with Crippen molar-refractivity contribution in [2.75, 3.05) is 5.32 Å². The summed E-state index contributed by atoms with van der Waals surface area (Å²) in [5.74, 6) is -2.09. The van der Waals surface area contributed by atoms with E-state index >= 15 is 4.39 Å². The van der Waals surface area contributed by atoms with Crippen LogP contribution in [0.15, 0.2) is 36.4 Å². The van der Waals surface area contributed by atoms with Crippen LogP contribution in [-0.4, -0.2) is 41.2 Å². The molecule has 0 radical (unpaired) electrons. The fourth-order valence-electron chi connectivity index (χ4n) is 6.66. The van der Waals surface area contributed by atoms with Crippen LogP contribution in [0.2, 0.25) is 10.0 Å². The van der Waals surface area contributed by atoms with Crippen molar-refractivity contribution in [1.82, 2.24) is 10.6 Å². The second-order valence-electron chi connectivity index (χ2n) is 12.1. The molecule has 0 aromatic heterocycles. The monoisotopic (exact) mass is 561 g/mol. The number of fused-ring (bicyclic) bond motifs is 2. The number of carbonyl (C=O) groups excluding carboxylic acids is 2. The smallest absolute Gasteiger partial charge is 0.238 e. The molecule has 3 aliphatic rings. The standard InChI is InChI=1S/C29H34Cl2FN3O3/c1-28(2,3)14-22-29(19-12-7-15(30)13-21(19)34-27(29)38)23(18-5-4-6-20(31)24(18)32)25(35-22)26(37)33-16-8-10-17(36)11-9-16/h4-7,12-13,16-17,22-23,25,35-36H,8-11,14H2,1-3H3,(H,33,37)(H,34,38)/t16?,17?,22?,23?,25?,29-/m0/s1. The van der Waals surface area contributed by atoms with Gasteiger partial charge in [-0.25, -0.2) is 4.39 Å². The fourth-order valence-corrected chi connectivity index (χ4v) is 7.02. The van der Waals surface area contributed by atoms with Gasteiger partial charge in [-0.05, 0) is 66.8 Å². The van der Waals surface area contributed by atoms with Gasteiger partial charge in [0, 0.05) is 28.7 Å². The van der Waals surface area contributed by atoms with E-state index in [0.717, 1.165) is 0 Å². The molecule has 2 fully saturated rings. The van der Waals surface area contributed by atoms with Crippen LogP contribution in [0.1, 0.15) is 69.9 Å². The lowest BCUT2D eigenvalue weighted by molar-refractivity contribution is -0.124. The normalized spacial score (nSPS) is 30.8. The maximum atomic E-state index is 15.8. The summed E-state index contributed by atoms with van der Waals surface area (Å²) in [5.41, 5.74) is -0.00278. The molecule has 4 atom stereocenters. The number of hydrogen-bond donors (Lipinski definition) is 4. The quantitative estimate of drug-likeness (QED) is 0.407. The number of nitrogens with one attached hydrogen (secondary N) is 3. The molecule has 2 amide bonds. The fraction of sp³-hybridized carbons (Fsp3) is 0.517. The van der Waals surface area contributed by atoms with Gasteiger partial charge in [0.15, 0.2) is 0 Å². The Morgan fingerprint density at radius 3 is 2.55 bits per heavy atom. The molecule has 2 aromatic carbocycles. The van der Waals surface area contributed by atoms with Crippen molar-refractivity contribution in [3.05, 3.63) is 63.4 Å². The minimum Gasteiger partial charge on any atom is -0.393 e. The van der Waals surface area contributed by atoms with Crippen molar-refractivity contribution in [2.24, 2.45) is 5.41 Å². The zero-order valence-corrected chi connectivity index (χ0v) is 23.3. The van der Waals surface area contributed by atoms with Crippen molar-refractivity contribution < 1.29 is 19.1 Å². The maximum Gasteiger partial charge on any atom is 0.238 e. The van der Waals surface area contributed by atoms with E-state index in [4.69, 9.17) is 23.2 Å². The Labute approximate surface area is 232 Å². The van der Waals surface area contributed by atoms with Crippen molar-refractivity contribution >= 4 is 40.7 Å². The third kappa shape index (κ3) is 4.72. The lowest BCUT2D eigenvalue weighted by Crippen LogP contribution is -2.50. The highest BCUT2D eigenvalue weighted by atomic mass is 35.5. The van der Waals surface area contributed by atoms with Crippen LogP contribution in [0.3, 0.4) is 0 Å². The van der Waals surface area contributed by atoms with Crippen LogP contribution >= 0.6 is 23.2 Å². The minimum atomic E-state index is -1.27. The lowest BCUT2D eigenvalue weighted by atomic mass is 9.62. The topological polar surface area (TPSA) is 90.5 Å². The Kier molecular flexibility index (Phi) is 7.27. The van der Waals surface area contributed by atoms with Gasteiger partial charge < -0.3 is 21.1 Å². The first kappa shape index (κ1) is 27.4. The Hall–Kier alpha value is -2.19. The first-order chi connectivity index (χ1) is 17.9. The number of carbonyl (C=O) groups is 2. The Bertz CT molecular complexity index is 1260. The van der Waals surface area contributed by atoms with Gasteiger partial charge in [-0.1, -0.05) is 62.2 Å². The third-order valence-electron chi connectivity index (χ3n) is 8.26. The van der Waals surface area contributed by atoms with E-state index in [1.165, 1.54) is 6.07 Å². The number of anilines is 1. The molecule has 3 unspecified atom stereocenters. The van der Waals surface area contributed by atoms with E-state index in [-0.39, 0.29) is 40.0 Å². The molecule has 2 aliphatic heterocycles. The third-order valence-corrected chi connectivity index (χ3v) is 8.79.